The monoisotopic (exact) mass is 345 g/mol. The van der Waals surface area contributed by atoms with E-state index in [4.69, 9.17) is 9.84 Å². The van der Waals surface area contributed by atoms with Gasteiger partial charge in [0.25, 0.3) is 0 Å². The molecule has 8 heteroatoms. The first-order valence-electron chi connectivity index (χ1n) is 7.32. The molecule has 0 saturated carbocycles. The Morgan fingerprint density at radius 3 is 2.58 bits per heavy atom. The van der Waals surface area contributed by atoms with Gasteiger partial charge in [-0.15, -0.1) is 11.3 Å². The van der Waals surface area contributed by atoms with Crippen LogP contribution in [0.5, 0.6) is 0 Å². The van der Waals surface area contributed by atoms with Crippen molar-refractivity contribution in [1.29, 1.82) is 0 Å². The van der Waals surface area contributed by atoms with Crippen molar-refractivity contribution in [3.63, 3.8) is 0 Å². The second-order valence-electron chi connectivity index (χ2n) is 5.12. The van der Waals surface area contributed by atoms with Crippen LogP contribution in [-0.4, -0.2) is 53.1 Å². The van der Waals surface area contributed by atoms with Crippen molar-refractivity contribution in [2.24, 2.45) is 0 Å². The molecule has 0 bridgehead atoms. The smallest absolute Gasteiger partial charge is 0.345 e. The highest BCUT2D eigenvalue weighted by molar-refractivity contribution is 7.12. The average Bonchev–Trinajstić information content (AvgIpc) is 3.11. The average molecular weight is 345 g/mol. The molecule has 1 N–H and O–H groups in total. The molecule has 3 heterocycles. The minimum atomic E-state index is -1.03. The van der Waals surface area contributed by atoms with E-state index in [1.54, 1.807) is 18.5 Å². The normalized spacial score (nSPS) is 14.9. The highest BCUT2D eigenvalue weighted by Crippen LogP contribution is 2.16. The molecule has 0 radical (unpaired) electrons. The van der Waals surface area contributed by atoms with Crippen molar-refractivity contribution in [3.8, 4) is 0 Å². The first-order chi connectivity index (χ1) is 11.6. The molecule has 2 aromatic heterocycles. The maximum atomic E-state index is 12.0. The van der Waals surface area contributed by atoms with Gasteiger partial charge in [0.15, 0.2) is 5.78 Å². The van der Waals surface area contributed by atoms with Gasteiger partial charge in [-0.25, -0.2) is 14.8 Å². The van der Waals surface area contributed by atoms with Crippen molar-refractivity contribution in [2.75, 3.05) is 31.2 Å². The number of anilines is 1. The van der Waals surface area contributed by atoms with Gasteiger partial charge in [-0.05, 0) is 18.2 Å². The number of aromatic nitrogens is 2. The number of thiophene rings is 1. The number of morpholine rings is 1. The summed E-state index contributed by atoms with van der Waals surface area (Å²) >= 11 is 1.03. The Hall–Kier alpha value is -2.58. The van der Waals surface area contributed by atoms with E-state index in [2.05, 4.69) is 9.97 Å². The highest BCUT2D eigenvalue weighted by Gasteiger charge is 2.13. The minimum Gasteiger partial charge on any atom is -0.477 e. The molecule has 0 aromatic carbocycles. The molecule has 7 nitrogen and oxygen atoms in total. The number of ether oxygens (including phenoxy) is 1. The molecule has 2 aromatic rings. The summed E-state index contributed by atoms with van der Waals surface area (Å²) in [4.78, 5) is 33.7. The van der Waals surface area contributed by atoms with Crippen molar-refractivity contribution in [3.05, 3.63) is 45.9 Å². The van der Waals surface area contributed by atoms with Gasteiger partial charge >= 0.3 is 5.97 Å². The van der Waals surface area contributed by atoms with Crippen LogP contribution in [0.2, 0.25) is 0 Å². The summed E-state index contributed by atoms with van der Waals surface area (Å²) in [5, 5.41) is 10.4. The molecule has 0 unspecified atom stereocenters. The maximum absolute atomic E-state index is 12.0. The van der Waals surface area contributed by atoms with Crippen molar-refractivity contribution in [2.45, 2.75) is 0 Å². The highest BCUT2D eigenvalue weighted by atomic mass is 32.1. The molecule has 1 fully saturated rings. The number of carbonyl (C=O) groups is 2. The molecule has 0 aliphatic carbocycles. The molecule has 3 rings (SSSR count). The number of rotatable bonds is 5. The van der Waals surface area contributed by atoms with E-state index in [0.717, 1.165) is 24.4 Å². The molecular weight excluding hydrogens is 330 g/mol. The number of aromatic carboxylic acids is 1. The Morgan fingerprint density at radius 2 is 1.96 bits per heavy atom. The van der Waals surface area contributed by atoms with E-state index in [1.165, 1.54) is 17.5 Å². The van der Waals surface area contributed by atoms with Crippen LogP contribution < -0.4 is 4.90 Å². The third-order valence-corrected chi connectivity index (χ3v) is 4.39. The zero-order valence-electron chi connectivity index (χ0n) is 12.7. The van der Waals surface area contributed by atoms with Gasteiger partial charge in [0, 0.05) is 42.0 Å². The van der Waals surface area contributed by atoms with Crippen LogP contribution >= 0.6 is 11.3 Å². The van der Waals surface area contributed by atoms with Gasteiger partial charge in [-0.3, -0.25) is 4.79 Å². The largest absolute Gasteiger partial charge is 0.477 e. The van der Waals surface area contributed by atoms with Crippen molar-refractivity contribution < 1.29 is 19.4 Å². The standard InChI is InChI=1S/C16H15N3O4S/c20-13(12-7-14(15(21)22)24-10-12)2-1-11-8-17-16(18-9-11)19-3-5-23-6-4-19/h1-2,7-10H,3-6H2,(H,21,22). The van der Waals surface area contributed by atoms with Crippen molar-refractivity contribution >= 4 is 35.1 Å². The summed E-state index contributed by atoms with van der Waals surface area (Å²) in [7, 11) is 0. The number of ketones is 1. The number of hydrogen-bond acceptors (Lipinski definition) is 7. The van der Waals surface area contributed by atoms with E-state index in [0.29, 0.717) is 30.3 Å². The lowest BCUT2D eigenvalue weighted by Crippen LogP contribution is -2.37. The van der Waals surface area contributed by atoms with Gasteiger partial charge in [0.2, 0.25) is 5.95 Å². The fourth-order valence-corrected chi connectivity index (χ4v) is 2.92. The molecular formula is C16H15N3O4S. The lowest BCUT2D eigenvalue weighted by atomic mass is 10.2. The number of carbonyl (C=O) groups excluding carboxylic acids is 1. The summed E-state index contributed by atoms with van der Waals surface area (Å²) in [5.41, 5.74) is 1.06. The fraction of sp³-hybridized carbons (Fsp3) is 0.250. The predicted octanol–water partition coefficient (Wildman–Crippen LogP) is 1.97. The number of carboxylic acids is 1. The minimum absolute atomic E-state index is 0.143. The summed E-state index contributed by atoms with van der Waals surface area (Å²) in [5.74, 6) is -0.642. The van der Waals surface area contributed by atoms with E-state index in [9.17, 15) is 9.59 Å². The molecule has 0 atom stereocenters. The van der Waals surface area contributed by atoms with Crippen LogP contribution in [0, 0.1) is 0 Å². The summed E-state index contributed by atoms with van der Waals surface area (Å²) in [6.07, 6.45) is 6.31. The van der Waals surface area contributed by atoms with Crippen LogP contribution in [0.25, 0.3) is 6.08 Å². The van der Waals surface area contributed by atoms with E-state index < -0.39 is 5.97 Å². The van der Waals surface area contributed by atoms with Gasteiger partial charge < -0.3 is 14.7 Å². The molecule has 1 saturated heterocycles. The SMILES string of the molecule is O=C(C=Cc1cnc(N2CCOCC2)nc1)c1csc(C(=O)O)c1. The van der Waals surface area contributed by atoms with Crippen LogP contribution in [0.1, 0.15) is 25.6 Å². The van der Waals surface area contributed by atoms with Crippen LogP contribution in [0.3, 0.4) is 0 Å². The summed E-state index contributed by atoms with van der Waals surface area (Å²) in [6, 6.07) is 1.37. The van der Waals surface area contributed by atoms with Crippen LogP contribution in [0.4, 0.5) is 5.95 Å². The van der Waals surface area contributed by atoms with E-state index in [-0.39, 0.29) is 10.7 Å². The number of carboxylic acid groups (broad SMARTS) is 1. The quantitative estimate of drug-likeness (QED) is 0.654. The number of allylic oxidation sites excluding steroid dienone is 1. The Balaban J connectivity index is 1.65. The first kappa shape index (κ1) is 16.3. The third-order valence-electron chi connectivity index (χ3n) is 3.47. The molecule has 1 aliphatic rings. The number of hydrogen-bond donors (Lipinski definition) is 1. The molecule has 0 spiro atoms. The number of nitrogens with zero attached hydrogens (tertiary/aromatic N) is 3. The van der Waals surface area contributed by atoms with Gasteiger partial charge in [0.1, 0.15) is 4.88 Å². The first-order valence-corrected chi connectivity index (χ1v) is 8.20. The second kappa shape index (κ2) is 7.33. The Labute approximate surface area is 142 Å². The van der Waals surface area contributed by atoms with Crippen LogP contribution in [0.15, 0.2) is 29.9 Å². The van der Waals surface area contributed by atoms with E-state index in [1.807, 2.05) is 4.90 Å². The third kappa shape index (κ3) is 3.84. The topological polar surface area (TPSA) is 92.6 Å². The fourth-order valence-electron chi connectivity index (χ4n) is 2.19. The van der Waals surface area contributed by atoms with Gasteiger partial charge in [0.05, 0.1) is 13.2 Å². The molecule has 24 heavy (non-hydrogen) atoms. The van der Waals surface area contributed by atoms with Gasteiger partial charge in [-0.1, -0.05) is 0 Å². The lowest BCUT2D eigenvalue weighted by Gasteiger charge is -2.26. The predicted molar refractivity (Wildman–Crippen MR) is 89.7 cm³/mol. The Morgan fingerprint density at radius 1 is 1.25 bits per heavy atom. The summed E-state index contributed by atoms with van der Waals surface area (Å²) < 4.78 is 5.29. The van der Waals surface area contributed by atoms with Crippen LogP contribution in [-0.2, 0) is 4.74 Å². The zero-order chi connectivity index (χ0) is 16.9. The van der Waals surface area contributed by atoms with Gasteiger partial charge in [-0.2, -0.15) is 0 Å². The molecule has 124 valence electrons. The zero-order valence-corrected chi connectivity index (χ0v) is 13.5. The second-order valence-corrected chi connectivity index (χ2v) is 6.03. The maximum Gasteiger partial charge on any atom is 0.345 e. The molecule has 1 aliphatic heterocycles. The Kier molecular flexibility index (Phi) is 4.97. The summed E-state index contributed by atoms with van der Waals surface area (Å²) in [6.45, 7) is 2.85. The lowest BCUT2D eigenvalue weighted by molar-refractivity contribution is 0.0702. The Bertz CT molecular complexity index is 764. The van der Waals surface area contributed by atoms with E-state index >= 15 is 0 Å². The molecule has 0 amide bonds. The van der Waals surface area contributed by atoms with Crippen molar-refractivity contribution in [1.82, 2.24) is 9.97 Å².